The Morgan fingerprint density at radius 3 is 2.46 bits per heavy atom. The van der Waals surface area contributed by atoms with Crippen LogP contribution < -0.4 is 5.32 Å². The molecule has 0 aliphatic heterocycles. The van der Waals surface area contributed by atoms with Gasteiger partial charge in [0.2, 0.25) is 5.91 Å². The zero-order valence-electron chi connectivity index (χ0n) is 8.25. The Balaban J connectivity index is 2.21. The first-order chi connectivity index (χ1) is 6.26. The van der Waals surface area contributed by atoms with E-state index in [0.29, 0.717) is 11.8 Å². The van der Waals surface area contributed by atoms with E-state index in [9.17, 15) is 4.79 Å². The van der Waals surface area contributed by atoms with Gasteiger partial charge < -0.3 is 5.32 Å². The summed E-state index contributed by atoms with van der Waals surface area (Å²) in [5.74, 6) is 1.28. The Morgan fingerprint density at radius 2 is 2.00 bits per heavy atom. The van der Waals surface area contributed by atoms with Crippen LogP contribution in [0.2, 0.25) is 0 Å². The highest BCUT2D eigenvalue weighted by Crippen LogP contribution is 2.26. The standard InChI is InChI=1S/C10H19NOS/c1-2-8-3-5-9(6-4-8)11-10(12)7-13/h8-9,13H,2-7H2,1H3,(H,11,12). The third-order valence-corrected chi connectivity index (χ3v) is 3.22. The molecule has 1 aliphatic carbocycles. The maximum atomic E-state index is 11.0. The van der Waals surface area contributed by atoms with Crippen molar-refractivity contribution >= 4 is 18.5 Å². The number of hydrogen-bond donors (Lipinski definition) is 2. The van der Waals surface area contributed by atoms with Crippen LogP contribution in [0.15, 0.2) is 0 Å². The van der Waals surface area contributed by atoms with Gasteiger partial charge in [-0.25, -0.2) is 0 Å². The van der Waals surface area contributed by atoms with Crippen LogP contribution >= 0.6 is 12.6 Å². The molecule has 76 valence electrons. The third-order valence-electron chi connectivity index (χ3n) is 2.93. The number of carbonyl (C=O) groups excluding carboxylic acids is 1. The Hall–Kier alpha value is -0.180. The second kappa shape index (κ2) is 5.53. The summed E-state index contributed by atoms with van der Waals surface area (Å²) in [6, 6.07) is 0.419. The number of rotatable bonds is 3. The van der Waals surface area contributed by atoms with Crippen molar-refractivity contribution < 1.29 is 4.79 Å². The minimum atomic E-state index is 0.0725. The molecule has 3 heteroatoms. The van der Waals surface area contributed by atoms with Crippen LogP contribution in [-0.4, -0.2) is 17.7 Å². The highest BCUT2D eigenvalue weighted by Gasteiger charge is 2.20. The van der Waals surface area contributed by atoms with Crippen LogP contribution in [0.25, 0.3) is 0 Å². The van der Waals surface area contributed by atoms with E-state index in [4.69, 9.17) is 0 Å². The van der Waals surface area contributed by atoms with Crippen molar-refractivity contribution in [3.05, 3.63) is 0 Å². The fourth-order valence-electron chi connectivity index (χ4n) is 1.99. The molecule has 0 aromatic carbocycles. The lowest BCUT2D eigenvalue weighted by Gasteiger charge is -2.28. The van der Waals surface area contributed by atoms with Crippen LogP contribution in [0.4, 0.5) is 0 Å². The summed E-state index contributed by atoms with van der Waals surface area (Å²) in [5, 5.41) is 3.00. The largest absolute Gasteiger partial charge is 0.353 e. The summed E-state index contributed by atoms with van der Waals surface area (Å²) in [6.07, 6.45) is 6.13. The van der Waals surface area contributed by atoms with Gasteiger partial charge in [-0.05, 0) is 31.6 Å². The lowest BCUT2D eigenvalue weighted by atomic mass is 9.84. The van der Waals surface area contributed by atoms with Crippen molar-refractivity contribution in [2.75, 3.05) is 5.75 Å². The summed E-state index contributed by atoms with van der Waals surface area (Å²) < 4.78 is 0. The molecule has 13 heavy (non-hydrogen) atoms. The van der Waals surface area contributed by atoms with Crippen LogP contribution in [0.1, 0.15) is 39.0 Å². The third kappa shape index (κ3) is 3.59. The maximum Gasteiger partial charge on any atom is 0.229 e. The molecule has 0 aromatic heterocycles. The monoisotopic (exact) mass is 201 g/mol. The van der Waals surface area contributed by atoms with Gasteiger partial charge in [-0.2, -0.15) is 12.6 Å². The van der Waals surface area contributed by atoms with Gasteiger partial charge in [0.05, 0.1) is 5.75 Å². The Bertz CT molecular complexity index is 164. The van der Waals surface area contributed by atoms with E-state index >= 15 is 0 Å². The van der Waals surface area contributed by atoms with E-state index in [1.807, 2.05) is 0 Å². The molecule has 1 saturated carbocycles. The molecular formula is C10H19NOS. The van der Waals surface area contributed by atoms with Gasteiger partial charge in [-0.1, -0.05) is 13.3 Å². The van der Waals surface area contributed by atoms with Gasteiger partial charge in [-0.15, -0.1) is 0 Å². The molecule has 1 amide bonds. The van der Waals surface area contributed by atoms with Crippen molar-refractivity contribution in [1.29, 1.82) is 0 Å². The topological polar surface area (TPSA) is 29.1 Å². The number of carbonyl (C=O) groups is 1. The normalized spacial score (nSPS) is 28.5. The summed E-state index contributed by atoms with van der Waals surface area (Å²) in [4.78, 5) is 11.0. The molecule has 0 radical (unpaired) electrons. The molecule has 0 spiro atoms. The summed E-state index contributed by atoms with van der Waals surface area (Å²) >= 11 is 3.94. The van der Waals surface area contributed by atoms with E-state index in [0.717, 1.165) is 18.8 Å². The fourth-order valence-corrected chi connectivity index (χ4v) is 2.08. The smallest absolute Gasteiger partial charge is 0.229 e. The Morgan fingerprint density at radius 1 is 1.38 bits per heavy atom. The van der Waals surface area contributed by atoms with Gasteiger partial charge in [0.25, 0.3) is 0 Å². The predicted octanol–water partition coefficient (Wildman–Crippen LogP) is 2.00. The van der Waals surface area contributed by atoms with E-state index in [2.05, 4.69) is 24.9 Å². The molecule has 1 fully saturated rings. The fraction of sp³-hybridized carbons (Fsp3) is 0.900. The van der Waals surface area contributed by atoms with Gasteiger partial charge in [0, 0.05) is 6.04 Å². The van der Waals surface area contributed by atoms with Crippen molar-refractivity contribution in [1.82, 2.24) is 5.32 Å². The first-order valence-corrected chi connectivity index (χ1v) is 5.79. The molecule has 0 heterocycles. The first kappa shape index (κ1) is 10.9. The van der Waals surface area contributed by atoms with E-state index in [1.165, 1.54) is 19.3 Å². The molecule has 0 saturated heterocycles. The highest BCUT2D eigenvalue weighted by atomic mass is 32.1. The van der Waals surface area contributed by atoms with E-state index < -0.39 is 0 Å². The minimum absolute atomic E-state index is 0.0725. The zero-order valence-corrected chi connectivity index (χ0v) is 9.15. The number of hydrogen-bond acceptors (Lipinski definition) is 2. The second-order valence-corrected chi connectivity index (χ2v) is 4.17. The number of nitrogens with one attached hydrogen (secondary N) is 1. The molecular weight excluding hydrogens is 182 g/mol. The zero-order chi connectivity index (χ0) is 9.68. The van der Waals surface area contributed by atoms with Crippen LogP contribution in [0.5, 0.6) is 0 Å². The number of thiol groups is 1. The Kier molecular flexibility index (Phi) is 4.64. The van der Waals surface area contributed by atoms with Crippen LogP contribution in [0, 0.1) is 5.92 Å². The van der Waals surface area contributed by atoms with Gasteiger partial charge in [0.15, 0.2) is 0 Å². The average Bonchev–Trinajstić information content (AvgIpc) is 2.19. The van der Waals surface area contributed by atoms with Gasteiger partial charge >= 0.3 is 0 Å². The molecule has 0 aromatic rings. The number of amides is 1. The molecule has 0 atom stereocenters. The molecule has 1 aliphatic rings. The molecule has 2 nitrogen and oxygen atoms in total. The van der Waals surface area contributed by atoms with Crippen LogP contribution in [-0.2, 0) is 4.79 Å². The quantitative estimate of drug-likeness (QED) is 0.672. The summed E-state index contributed by atoms with van der Waals surface area (Å²) in [6.45, 7) is 2.25. The lowest BCUT2D eigenvalue weighted by Crippen LogP contribution is -2.38. The van der Waals surface area contributed by atoms with Crippen molar-refractivity contribution in [3.63, 3.8) is 0 Å². The molecule has 1 N–H and O–H groups in total. The van der Waals surface area contributed by atoms with Crippen LogP contribution in [0.3, 0.4) is 0 Å². The van der Waals surface area contributed by atoms with Crippen molar-refractivity contribution in [2.24, 2.45) is 5.92 Å². The SMILES string of the molecule is CCC1CCC(NC(=O)CS)CC1. The summed E-state index contributed by atoms with van der Waals surface area (Å²) in [5.41, 5.74) is 0. The first-order valence-electron chi connectivity index (χ1n) is 5.16. The van der Waals surface area contributed by atoms with E-state index in [-0.39, 0.29) is 5.91 Å². The molecule has 1 rings (SSSR count). The van der Waals surface area contributed by atoms with E-state index in [1.54, 1.807) is 0 Å². The van der Waals surface area contributed by atoms with Gasteiger partial charge in [-0.3, -0.25) is 4.79 Å². The predicted molar refractivity (Wildman–Crippen MR) is 58.0 cm³/mol. The highest BCUT2D eigenvalue weighted by molar-refractivity contribution is 7.81. The molecule has 0 unspecified atom stereocenters. The average molecular weight is 201 g/mol. The second-order valence-electron chi connectivity index (χ2n) is 3.85. The maximum absolute atomic E-state index is 11.0. The summed E-state index contributed by atoms with van der Waals surface area (Å²) in [7, 11) is 0. The van der Waals surface area contributed by atoms with Crippen molar-refractivity contribution in [3.8, 4) is 0 Å². The molecule has 0 bridgehead atoms. The lowest BCUT2D eigenvalue weighted by molar-refractivity contribution is -0.119. The van der Waals surface area contributed by atoms with Gasteiger partial charge in [0.1, 0.15) is 0 Å². The minimum Gasteiger partial charge on any atom is -0.353 e. The van der Waals surface area contributed by atoms with Crippen molar-refractivity contribution in [2.45, 2.75) is 45.1 Å². The Labute approximate surface area is 85.9 Å².